The molecule has 0 unspecified atom stereocenters. The zero-order valence-electron chi connectivity index (χ0n) is 11.9. The number of hydrogen-bond acceptors (Lipinski definition) is 0. The highest BCUT2D eigenvalue weighted by Crippen LogP contribution is 2.15. The quantitative estimate of drug-likeness (QED) is 0.579. The van der Waals surface area contributed by atoms with E-state index in [1.165, 1.54) is 77.0 Å². The van der Waals surface area contributed by atoms with Crippen LogP contribution >= 0.6 is 0 Å². The highest BCUT2D eigenvalue weighted by atomic mass is 14.0. The first-order chi connectivity index (χ1) is 8.41. The maximum absolute atomic E-state index is 4.50. The molecule has 0 saturated heterocycles. The van der Waals surface area contributed by atoms with Crippen LogP contribution in [0.25, 0.3) is 0 Å². The van der Waals surface area contributed by atoms with Gasteiger partial charge in [-0.1, -0.05) is 84.5 Å². The molecule has 0 nitrogen and oxygen atoms in total. The van der Waals surface area contributed by atoms with Gasteiger partial charge >= 0.3 is 0 Å². The Morgan fingerprint density at radius 3 is 0.526 bits per heavy atom. The summed E-state index contributed by atoms with van der Waals surface area (Å²) in [6.45, 7) is 0. The molecule has 0 heterocycles. The fourth-order valence-corrected chi connectivity index (χ4v) is 0. The average molecular weight is 249 g/mol. The summed E-state index contributed by atoms with van der Waals surface area (Å²) in [5.74, 6) is 0. The average Bonchev–Trinajstić information content (AvgIpc) is 3.25. The van der Waals surface area contributed by atoms with E-state index in [4.69, 9.17) is 0 Å². The smallest absolute Gasteiger partial charge is 0 e. The van der Waals surface area contributed by atoms with Crippen molar-refractivity contribution in [3.63, 3.8) is 0 Å². The summed E-state index contributed by atoms with van der Waals surface area (Å²) < 4.78 is 0. The molecule has 98 valence electrons. The van der Waals surface area contributed by atoms with Gasteiger partial charge < -0.3 is 0 Å². The Morgan fingerprint density at radius 2 is 0.526 bits per heavy atom. The maximum atomic E-state index is 4.50. The minimum Gasteiger partial charge on any atom is -0.0776 e. The SMILES string of the molecule is C.C1CC1.C1CC1.C1CC1.C1CC1.[B].[B][B].[B][B][B]. The third-order valence-corrected chi connectivity index (χ3v) is 1.41. The number of hydrogen-bond donors (Lipinski definition) is 0. The molecule has 0 bridgehead atoms. The summed E-state index contributed by atoms with van der Waals surface area (Å²) >= 11 is 0. The second-order valence-electron chi connectivity index (χ2n) is 4.44. The van der Waals surface area contributed by atoms with Gasteiger partial charge in [0.25, 0.3) is 0 Å². The highest BCUT2D eigenvalue weighted by molar-refractivity contribution is 7.17. The van der Waals surface area contributed by atoms with E-state index in [1.54, 1.807) is 0 Å². The largest absolute Gasteiger partial charge is 0.0776 e. The van der Waals surface area contributed by atoms with E-state index in [0.29, 0.717) is 0 Å². The van der Waals surface area contributed by atoms with Crippen LogP contribution in [0.5, 0.6) is 0 Å². The van der Waals surface area contributed by atoms with Crippen LogP contribution in [0.4, 0.5) is 0 Å². The summed E-state index contributed by atoms with van der Waals surface area (Å²) in [6, 6.07) is 0. The van der Waals surface area contributed by atoms with Gasteiger partial charge in [-0.15, -0.1) is 0 Å². The lowest BCUT2D eigenvalue weighted by Gasteiger charge is -1.41. The molecule has 0 atom stereocenters. The minimum absolute atomic E-state index is 0. The Labute approximate surface area is 131 Å². The molecule has 4 saturated carbocycles. The third kappa shape index (κ3) is 256. The molecule has 4 fully saturated rings. The predicted molar refractivity (Wildman–Crippen MR) is 96.7 cm³/mol. The van der Waals surface area contributed by atoms with Crippen molar-refractivity contribution in [2.75, 3.05) is 0 Å². The van der Waals surface area contributed by atoms with Crippen molar-refractivity contribution >= 4 is 46.4 Å². The van der Waals surface area contributed by atoms with Gasteiger partial charge in [0.2, 0.25) is 0 Å². The molecule has 0 N–H and O–H groups in total. The second kappa shape index (κ2) is 31.0. The van der Waals surface area contributed by atoms with Crippen molar-refractivity contribution in [1.82, 2.24) is 0 Å². The summed E-state index contributed by atoms with van der Waals surface area (Å²) in [4.78, 5) is 0. The Balaban J connectivity index is -0.0000000700. The molecule has 0 aromatic rings. The van der Waals surface area contributed by atoms with E-state index in [-0.39, 0.29) is 15.8 Å². The first-order valence-electron chi connectivity index (χ1n) is 7.00. The fraction of sp³-hybridized carbons (Fsp3) is 1.00. The topological polar surface area (TPSA) is 0 Å². The Morgan fingerprint density at radius 1 is 0.474 bits per heavy atom. The molecule has 0 spiro atoms. The van der Waals surface area contributed by atoms with Crippen molar-refractivity contribution in [2.45, 2.75) is 84.5 Å². The van der Waals surface area contributed by atoms with Crippen LogP contribution in [-0.2, 0) is 0 Å². The van der Waals surface area contributed by atoms with E-state index in [1.807, 2.05) is 0 Å². The fourth-order valence-electron chi connectivity index (χ4n) is 0. The zero-order valence-corrected chi connectivity index (χ0v) is 11.9. The molecule has 4 rings (SSSR count). The standard InChI is InChI=1S/4C3H6.CH4.B3.B2.B/c4*1-2-3-1;;1-3-2;1-2;/h4*1-3H2;1H4;;;. The predicted octanol–water partition coefficient (Wildman–Crippen LogP) is 3.03. The van der Waals surface area contributed by atoms with E-state index < -0.39 is 0 Å². The van der Waals surface area contributed by atoms with Crippen LogP contribution in [0.1, 0.15) is 84.5 Å². The lowest BCUT2D eigenvalue weighted by atomic mass is 9.40. The molecule has 6 heteroatoms. The molecular weight excluding hydrogens is 221 g/mol. The number of rotatable bonds is 0. The van der Waals surface area contributed by atoms with Crippen LogP contribution in [0.2, 0.25) is 0 Å². The summed E-state index contributed by atoms with van der Waals surface area (Å²) in [7, 11) is 18.0. The third-order valence-electron chi connectivity index (χ3n) is 1.41. The highest BCUT2D eigenvalue weighted by Gasteiger charge is 1.96. The van der Waals surface area contributed by atoms with Gasteiger partial charge in [-0.05, 0) is 0 Å². The molecule has 0 amide bonds. The Kier molecular flexibility index (Phi) is 45.2. The lowest BCUT2D eigenvalue weighted by Crippen LogP contribution is -1.79. The van der Waals surface area contributed by atoms with Gasteiger partial charge in [0.15, 0.2) is 0 Å². The maximum Gasteiger partial charge on any atom is 0 e. The summed E-state index contributed by atoms with van der Waals surface area (Å²) in [6.07, 6.45) is 18.0. The van der Waals surface area contributed by atoms with Gasteiger partial charge in [-0.2, -0.15) is 0 Å². The van der Waals surface area contributed by atoms with Crippen molar-refractivity contribution in [3.05, 3.63) is 0 Å². The minimum atomic E-state index is 0. The molecule has 4 aliphatic rings. The van der Waals surface area contributed by atoms with Crippen molar-refractivity contribution < 1.29 is 0 Å². The molecule has 12 radical (unpaired) electrons. The molecular formula is C13H28B6. The van der Waals surface area contributed by atoms with Crippen LogP contribution in [0, 0.1) is 0 Å². The van der Waals surface area contributed by atoms with Crippen molar-refractivity contribution in [1.29, 1.82) is 0 Å². The van der Waals surface area contributed by atoms with Crippen LogP contribution in [-0.4, -0.2) is 46.4 Å². The summed E-state index contributed by atoms with van der Waals surface area (Å²) in [5.41, 5.74) is 0. The monoisotopic (exact) mass is 250 g/mol. The van der Waals surface area contributed by atoms with Gasteiger partial charge in [-0.25, -0.2) is 0 Å². The van der Waals surface area contributed by atoms with Gasteiger partial charge in [0, 0.05) is 46.4 Å². The second-order valence-corrected chi connectivity index (χ2v) is 4.44. The molecule has 19 heavy (non-hydrogen) atoms. The van der Waals surface area contributed by atoms with Crippen molar-refractivity contribution in [2.24, 2.45) is 0 Å². The van der Waals surface area contributed by atoms with E-state index in [0.717, 1.165) is 7.06 Å². The van der Waals surface area contributed by atoms with E-state index >= 15 is 0 Å². The van der Waals surface area contributed by atoms with Crippen LogP contribution < -0.4 is 0 Å². The van der Waals surface area contributed by atoms with Gasteiger partial charge in [0.1, 0.15) is 0 Å². The molecule has 0 aliphatic heterocycles. The Hall–Kier alpha value is 0.390. The molecule has 0 aromatic carbocycles. The van der Waals surface area contributed by atoms with E-state index in [2.05, 4.69) is 30.9 Å². The van der Waals surface area contributed by atoms with Gasteiger partial charge in [0.05, 0.1) is 0 Å². The first-order valence-corrected chi connectivity index (χ1v) is 7.00. The van der Waals surface area contributed by atoms with Crippen LogP contribution in [0.15, 0.2) is 0 Å². The zero-order chi connectivity index (χ0) is 13.2. The van der Waals surface area contributed by atoms with Gasteiger partial charge in [-0.3, -0.25) is 0 Å². The van der Waals surface area contributed by atoms with Crippen LogP contribution in [0.3, 0.4) is 0 Å². The van der Waals surface area contributed by atoms with E-state index in [9.17, 15) is 0 Å². The molecule has 0 aromatic heterocycles. The Bertz CT molecular complexity index is 70.3. The molecule has 4 aliphatic carbocycles. The first kappa shape index (κ1) is 27.7. The summed E-state index contributed by atoms with van der Waals surface area (Å²) in [5, 5.41) is 0. The van der Waals surface area contributed by atoms with Crippen molar-refractivity contribution in [3.8, 4) is 0 Å². The normalized spacial score (nSPS) is 16.0. The lowest BCUT2D eigenvalue weighted by molar-refractivity contribution is 1.50.